The van der Waals surface area contributed by atoms with Crippen molar-refractivity contribution in [2.75, 3.05) is 17.2 Å². The third kappa shape index (κ3) is 1.07. The number of hydrogen-bond donors (Lipinski definition) is 3. The Labute approximate surface area is 65.4 Å². The van der Waals surface area contributed by atoms with E-state index < -0.39 is 0 Å². The van der Waals surface area contributed by atoms with Gasteiger partial charge in [-0.05, 0) is 13.8 Å². The Balaban J connectivity index is 3.46. The summed E-state index contributed by atoms with van der Waals surface area (Å²) in [4.78, 5) is 3.96. The second kappa shape index (κ2) is 2.30. The average molecular weight is 152 g/mol. The maximum absolute atomic E-state index is 5.65. The van der Waals surface area contributed by atoms with Crippen LogP contribution >= 0.6 is 0 Å². The molecule has 0 amide bonds. The van der Waals surface area contributed by atoms with Crippen molar-refractivity contribution in [1.82, 2.24) is 4.98 Å². The highest BCUT2D eigenvalue weighted by Crippen LogP contribution is 2.24. The molecule has 0 atom stereocenters. The van der Waals surface area contributed by atoms with Gasteiger partial charge < -0.3 is 17.2 Å². The molecular formula is C7H12N4. The molecule has 6 N–H and O–H groups in total. The van der Waals surface area contributed by atoms with Gasteiger partial charge in [-0.15, -0.1) is 0 Å². The van der Waals surface area contributed by atoms with Gasteiger partial charge in [-0.1, -0.05) is 0 Å². The summed E-state index contributed by atoms with van der Waals surface area (Å²) < 4.78 is 0. The summed E-state index contributed by atoms with van der Waals surface area (Å²) in [6.45, 7) is 3.63. The zero-order valence-electron chi connectivity index (χ0n) is 6.68. The van der Waals surface area contributed by atoms with Crippen molar-refractivity contribution < 1.29 is 0 Å². The Morgan fingerprint density at radius 2 is 1.55 bits per heavy atom. The van der Waals surface area contributed by atoms with Crippen LogP contribution in [0, 0.1) is 13.8 Å². The van der Waals surface area contributed by atoms with Gasteiger partial charge in [0.05, 0.1) is 17.1 Å². The lowest BCUT2D eigenvalue weighted by Crippen LogP contribution is -2.06. The van der Waals surface area contributed by atoms with E-state index in [0.717, 1.165) is 11.3 Å². The number of nitrogens with two attached hydrogens (primary N) is 3. The molecule has 0 unspecified atom stereocenters. The number of aryl methyl sites for hydroxylation is 1. The van der Waals surface area contributed by atoms with Gasteiger partial charge in [0.15, 0.2) is 0 Å². The van der Waals surface area contributed by atoms with Crippen LogP contribution in [0.5, 0.6) is 0 Å². The summed E-state index contributed by atoms with van der Waals surface area (Å²) in [5, 5.41) is 0. The van der Waals surface area contributed by atoms with Crippen LogP contribution in [0.3, 0.4) is 0 Å². The zero-order chi connectivity index (χ0) is 8.59. The number of nitrogens with zero attached hydrogens (tertiary/aromatic N) is 1. The van der Waals surface area contributed by atoms with Crippen molar-refractivity contribution in [3.05, 3.63) is 11.3 Å². The maximum Gasteiger partial charge on any atom is 0.147 e. The molecule has 1 rings (SSSR count). The van der Waals surface area contributed by atoms with Crippen molar-refractivity contribution in [3.63, 3.8) is 0 Å². The van der Waals surface area contributed by atoms with Crippen molar-refractivity contribution in [2.45, 2.75) is 13.8 Å². The van der Waals surface area contributed by atoms with Gasteiger partial charge in [0.1, 0.15) is 5.82 Å². The minimum atomic E-state index is 0.356. The first-order chi connectivity index (χ1) is 5.04. The highest BCUT2D eigenvalue weighted by atomic mass is 14.9. The predicted octanol–water partition coefficient (Wildman–Crippen LogP) is 0.445. The Bertz CT molecular complexity index is 267. The topological polar surface area (TPSA) is 90.9 Å². The van der Waals surface area contributed by atoms with Crippen LogP contribution in [0.2, 0.25) is 0 Å². The van der Waals surface area contributed by atoms with E-state index in [9.17, 15) is 0 Å². The summed E-state index contributed by atoms with van der Waals surface area (Å²) in [5.41, 5.74) is 19.4. The molecule has 4 heteroatoms. The Morgan fingerprint density at radius 1 is 1.00 bits per heavy atom. The molecule has 4 nitrogen and oxygen atoms in total. The highest BCUT2D eigenvalue weighted by molar-refractivity contribution is 5.71. The summed E-state index contributed by atoms with van der Waals surface area (Å²) in [5.74, 6) is 0.356. The molecule has 1 heterocycles. The van der Waals surface area contributed by atoms with Crippen molar-refractivity contribution in [3.8, 4) is 0 Å². The van der Waals surface area contributed by atoms with Crippen molar-refractivity contribution in [2.24, 2.45) is 0 Å². The number of hydrogen-bond acceptors (Lipinski definition) is 4. The van der Waals surface area contributed by atoms with E-state index >= 15 is 0 Å². The fourth-order valence-electron chi connectivity index (χ4n) is 0.910. The zero-order valence-corrected chi connectivity index (χ0v) is 6.68. The number of rotatable bonds is 0. The van der Waals surface area contributed by atoms with E-state index in [4.69, 9.17) is 17.2 Å². The third-order valence-corrected chi connectivity index (χ3v) is 1.76. The number of pyridine rings is 1. The lowest BCUT2D eigenvalue weighted by atomic mass is 10.1. The lowest BCUT2D eigenvalue weighted by molar-refractivity contribution is 1.20. The summed E-state index contributed by atoms with van der Waals surface area (Å²) in [6, 6.07) is 0. The Hall–Kier alpha value is -1.45. The molecule has 60 valence electrons. The van der Waals surface area contributed by atoms with Crippen molar-refractivity contribution in [1.29, 1.82) is 0 Å². The molecule has 0 saturated carbocycles. The molecule has 0 spiro atoms. The lowest BCUT2D eigenvalue weighted by Gasteiger charge is -2.08. The first kappa shape index (κ1) is 7.65. The molecule has 0 radical (unpaired) electrons. The van der Waals surface area contributed by atoms with Gasteiger partial charge in [0.25, 0.3) is 0 Å². The van der Waals surface area contributed by atoms with E-state index in [2.05, 4.69) is 4.98 Å². The molecule has 0 aliphatic rings. The fraction of sp³-hybridized carbons (Fsp3) is 0.286. The van der Waals surface area contributed by atoms with E-state index in [0.29, 0.717) is 17.2 Å². The van der Waals surface area contributed by atoms with Gasteiger partial charge in [0.2, 0.25) is 0 Å². The molecule has 0 aliphatic heterocycles. The van der Waals surface area contributed by atoms with Crippen LogP contribution in [0.25, 0.3) is 0 Å². The Morgan fingerprint density at radius 3 is 2.09 bits per heavy atom. The third-order valence-electron chi connectivity index (χ3n) is 1.76. The molecule has 1 aromatic heterocycles. The standard InChI is InChI=1S/C7H12N4/c1-3-5(8)4(2)11-7(10)6(3)9/h8-9H2,1-2H3,(H2,10,11). The Kier molecular flexibility index (Phi) is 1.60. The molecule has 0 aliphatic carbocycles. The van der Waals surface area contributed by atoms with Gasteiger partial charge in [-0.2, -0.15) is 0 Å². The first-order valence-corrected chi connectivity index (χ1v) is 3.31. The van der Waals surface area contributed by atoms with Crippen LogP contribution in [-0.4, -0.2) is 4.98 Å². The van der Waals surface area contributed by atoms with Gasteiger partial charge in [-0.3, -0.25) is 0 Å². The fourth-order valence-corrected chi connectivity index (χ4v) is 0.910. The maximum atomic E-state index is 5.65. The van der Waals surface area contributed by atoms with E-state index in [1.807, 2.05) is 6.92 Å². The second-order valence-corrected chi connectivity index (χ2v) is 2.53. The molecule has 0 fully saturated rings. The molecule has 11 heavy (non-hydrogen) atoms. The summed E-state index contributed by atoms with van der Waals surface area (Å²) >= 11 is 0. The SMILES string of the molecule is Cc1nc(N)c(N)c(C)c1N. The normalized spacial score (nSPS) is 10.0. The molecule has 0 saturated heterocycles. The van der Waals surface area contributed by atoms with Crippen LogP contribution in [0.4, 0.5) is 17.2 Å². The van der Waals surface area contributed by atoms with E-state index in [-0.39, 0.29) is 0 Å². The monoisotopic (exact) mass is 152 g/mol. The first-order valence-electron chi connectivity index (χ1n) is 3.31. The molecular weight excluding hydrogens is 140 g/mol. The number of nitrogen functional groups attached to an aromatic ring is 3. The van der Waals surface area contributed by atoms with Crippen LogP contribution in [0.1, 0.15) is 11.3 Å². The minimum Gasteiger partial charge on any atom is -0.397 e. The molecule has 0 aromatic carbocycles. The van der Waals surface area contributed by atoms with E-state index in [1.54, 1.807) is 6.92 Å². The van der Waals surface area contributed by atoms with E-state index in [1.165, 1.54) is 0 Å². The second-order valence-electron chi connectivity index (χ2n) is 2.53. The van der Waals surface area contributed by atoms with Gasteiger partial charge in [0, 0.05) is 5.56 Å². The predicted molar refractivity (Wildman–Crippen MR) is 46.9 cm³/mol. The highest BCUT2D eigenvalue weighted by Gasteiger charge is 2.06. The summed E-state index contributed by atoms with van der Waals surface area (Å²) in [6.07, 6.45) is 0. The number of aromatic nitrogens is 1. The van der Waals surface area contributed by atoms with Crippen molar-refractivity contribution >= 4 is 17.2 Å². The van der Waals surface area contributed by atoms with Gasteiger partial charge >= 0.3 is 0 Å². The van der Waals surface area contributed by atoms with Crippen LogP contribution < -0.4 is 17.2 Å². The minimum absolute atomic E-state index is 0.356. The van der Waals surface area contributed by atoms with Crippen LogP contribution in [-0.2, 0) is 0 Å². The number of anilines is 3. The summed E-state index contributed by atoms with van der Waals surface area (Å²) in [7, 11) is 0. The molecule has 0 bridgehead atoms. The smallest absolute Gasteiger partial charge is 0.147 e. The quantitative estimate of drug-likeness (QED) is 0.503. The largest absolute Gasteiger partial charge is 0.397 e. The van der Waals surface area contributed by atoms with Crippen LogP contribution in [0.15, 0.2) is 0 Å². The van der Waals surface area contributed by atoms with Gasteiger partial charge in [-0.25, -0.2) is 4.98 Å². The molecule has 1 aromatic rings. The average Bonchev–Trinajstić information content (AvgIpc) is 1.97.